The lowest BCUT2D eigenvalue weighted by atomic mass is 9.71. The van der Waals surface area contributed by atoms with Crippen molar-refractivity contribution in [3.8, 4) is 6.07 Å². The lowest BCUT2D eigenvalue weighted by Gasteiger charge is -2.36. The SMILES string of the molecule is Cc1sc(C2C(C#N)=C(N)OC3=C2C(=O)CC(C)(C)C3)cc1Br. The zero-order valence-corrected chi connectivity index (χ0v) is 15.6. The van der Waals surface area contributed by atoms with Crippen LogP contribution in [0.4, 0.5) is 0 Å². The first-order chi connectivity index (χ1) is 10.7. The summed E-state index contributed by atoms with van der Waals surface area (Å²) < 4.78 is 6.65. The van der Waals surface area contributed by atoms with Crippen molar-refractivity contribution < 1.29 is 9.53 Å². The van der Waals surface area contributed by atoms with Crippen LogP contribution in [0.1, 0.15) is 42.4 Å². The molecule has 1 atom stereocenters. The smallest absolute Gasteiger partial charge is 0.205 e. The van der Waals surface area contributed by atoms with Gasteiger partial charge in [-0.3, -0.25) is 4.79 Å². The fraction of sp³-hybridized carbons (Fsp3) is 0.412. The van der Waals surface area contributed by atoms with Crippen molar-refractivity contribution in [2.24, 2.45) is 11.1 Å². The van der Waals surface area contributed by atoms with Gasteiger partial charge in [-0.25, -0.2) is 0 Å². The molecule has 0 fully saturated rings. The van der Waals surface area contributed by atoms with Crippen molar-refractivity contribution in [2.75, 3.05) is 0 Å². The van der Waals surface area contributed by atoms with Gasteiger partial charge in [0.1, 0.15) is 17.4 Å². The summed E-state index contributed by atoms with van der Waals surface area (Å²) in [7, 11) is 0. The second-order valence-corrected chi connectivity index (χ2v) is 8.90. The topological polar surface area (TPSA) is 76.1 Å². The van der Waals surface area contributed by atoms with E-state index in [-0.39, 0.29) is 17.1 Å². The average molecular weight is 393 g/mol. The molecule has 3 rings (SSSR count). The van der Waals surface area contributed by atoms with Gasteiger partial charge in [0.2, 0.25) is 5.88 Å². The molecule has 0 amide bonds. The minimum Gasteiger partial charge on any atom is -0.444 e. The van der Waals surface area contributed by atoms with Gasteiger partial charge in [-0.1, -0.05) is 13.8 Å². The van der Waals surface area contributed by atoms with Crippen molar-refractivity contribution in [2.45, 2.75) is 39.5 Å². The lowest BCUT2D eigenvalue weighted by molar-refractivity contribution is -0.119. The maximum absolute atomic E-state index is 12.8. The van der Waals surface area contributed by atoms with Gasteiger partial charge < -0.3 is 10.5 Å². The number of carbonyl (C=O) groups is 1. The fourth-order valence-corrected chi connectivity index (χ4v) is 4.87. The zero-order valence-electron chi connectivity index (χ0n) is 13.2. The number of carbonyl (C=O) groups excluding carboxylic acids is 1. The number of allylic oxidation sites excluding steroid dienone is 3. The number of Topliss-reactive ketones (excluding diaryl/α,β-unsaturated/α-hetero) is 1. The van der Waals surface area contributed by atoms with Crippen LogP contribution in [0.5, 0.6) is 0 Å². The Morgan fingerprint density at radius 1 is 1.48 bits per heavy atom. The molecule has 0 aromatic carbocycles. The number of hydrogen-bond acceptors (Lipinski definition) is 5. The summed E-state index contributed by atoms with van der Waals surface area (Å²) in [6, 6.07) is 4.11. The van der Waals surface area contributed by atoms with E-state index in [1.165, 1.54) is 0 Å². The van der Waals surface area contributed by atoms with E-state index in [1.807, 2.05) is 26.8 Å². The van der Waals surface area contributed by atoms with Crippen molar-refractivity contribution in [1.29, 1.82) is 5.26 Å². The first kappa shape index (κ1) is 16.3. The quantitative estimate of drug-likeness (QED) is 0.773. The van der Waals surface area contributed by atoms with Gasteiger partial charge in [0.25, 0.3) is 0 Å². The minimum atomic E-state index is -0.414. The molecule has 0 bridgehead atoms. The fourth-order valence-electron chi connectivity index (χ4n) is 3.19. The number of hydrogen-bond donors (Lipinski definition) is 1. The third-order valence-electron chi connectivity index (χ3n) is 4.24. The van der Waals surface area contributed by atoms with Gasteiger partial charge in [0.05, 0.1) is 5.92 Å². The van der Waals surface area contributed by atoms with Crippen molar-refractivity contribution in [1.82, 2.24) is 0 Å². The molecule has 0 saturated carbocycles. The van der Waals surface area contributed by atoms with Crippen molar-refractivity contribution in [3.05, 3.63) is 43.1 Å². The van der Waals surface area contributed by atoms with Crippen LogP contribution < -0.4 is 5.73 Å². The van der Waals surface area contributed by atoms with E-state index in [9.17, 15) is 10.1 Å². The molecule has 120 valence electrons. The number of aryl methyl sites for hydroxylation is 1. The van der Waals surface area contributed by atoms with Crippen molar-refractivity contribution in [3.63, 3.8) is 0 Å². The van der Waals surface area contributed by atoms with E-state index < -0.39 is 5.92 Å². The highest BCUT2D eigenvalue weighted by Gasteiger charge is 2.43. The number of nitrogens with two attached hydrogens (primary N) is 1. The van der Waals surface area contributed by atoms with Crippen LogP contribution in [-0.4, -0.2) is 5.78 Å². The third-order valence-corrected chi connectivity index (χ3v) is 6.44. The Bertz CT molecular complexity index is 792. The number of nitriles is 1. The molecular formula is C17H17BrN2O2S. The number of nitrogens with zero attached hydrogens (tertiary/aromatic N) is 1. The Balaban J connectivity index is 2.19. The second kappa shape index (κ2) is 5.50. The van der Waals surface area contributed by atoms with Crippen LogP contribution in [0, 0.1) is 23.7 Å². The number of ether oxygens (including phenoxy) is 1. The highest BCUT2D eigenvalue weighted by atomic mass is 79.9. The van der Waals surface area contributed by atoms with E-state index in [4.69, 9.17) is 10.5 Å². The lowest BCUT2D eigenvalue weighted by Crippen LogP contribution is -2.33. The Morgan fingerprint density at radius 3 is 2.74 bits per heavy atom. The van der Waals surface area contributed by atoms with E-state index >= 15 is 0 Å². The van der Waals surface area contributed by atoms with Crippen LogP contribution in [0.15, 0.2) is 33.3 Å². The molecule has 1 aliphatic carbocycles. The van der Waals surface area contributed by atoms with Gasteiger partial charge >= 0.3 is 0 Å². The molecule has 6 heteroatoms. The van der Waals surface area contributed by atoms with Crippen molar-refractivity contribution >= 4 is 33.0 Å². The van der Waals surface area contributed by atoms with E-state index in [0.717, 1.165) is 14.2 Å². The standard InChI is InChI=1S/C17H17BrN2O2S/c1-8-10(18)4-13(23-8)14-9(7-19)16(20)22-12-6-17(2,3)5-11(21)15(12)14/h4,14H,5-6,20H2,1-3H3. The van der Waals surface area contributed by atoms with E-state index in [1.54, 1.807) is 11.3 Å². The largest absolute Gasteiger partial charge is 0.444 e. The van der Waals surface area contributed by atoms with E-state index in [0.29, 0.717) is 29.7 Å². The van der Waals surface area contributed by atoms with Gasteiger partial charge in [-0.2, -0.15) is 5.26 Å². The predicted octanol–water partition coefficient (Wildman–Crippen LogP) is 4.27. The minimum absolute atomic E-state index is 0.0451. The first-order valence-electron chi connectivity index (χ1n) is 7.33. The van der Waals surface area contributed by atoms with Gasteiger partial charge in [-0.15, -0.1) is 11.3 Å². The molecular weight excluding hydrogens is 376 g/mol. The first-order valence-corrected chi connectivity index (χ1v) is 8.94. The molecule has 0 saturated heterocycles. The molecule has 23 heavy (non-hydrogen) atoms. The van der Waals surface area contributed by atoms with Gasteiger partial charge in [0, 0.05) is 32.6 Å². The Morgan fingerprint density at radius 2 is 2.17 bits per heavy atom. The van der Waals surface area contributed by atoms with Gasteiger partial charge in [-0.05, 0) is 34.3 Å². The number of rotatable bonds is 1. The molecule has 1 aliphatic heterocycles. The average Bonchev–Trinajstić information content (AvgIpc) is 2.75. The highest BCUT2D eigenvalue weighted by molar-refractivity contribution is 9.10. The highest BCUT2D eigenvalue weighted by Crippen LogP contribution is 2.49. The third kappa shape index (κ3) is 2.73. The monoisotopic (exact) mass is 392 g/mol. The molecule has 2 heterocycles. The second-order valence-electron chi connectivity index (χ2n) is 6.76. The summed E-state index contributed by atoms with van der Waals surface area (Å²) in [5.41, 5.74) is 6.75. The number of thiophene rings is 1. The van der Waals surface area contributed by atoms with Crippen LogP contribution in [0.2, 0.25) is 0 Å². The molecule has 0 radical (unpaired) electrons. The van der Waals surface area contributed by atoms with E-state index in [2.05, 4.69) is 22.0 Å². The maximum Gasteiger partial charge on any atom is 0.205 e. The summed E-state index contributed by atoms with van der Waals surface area (Å²) >= 11 is 5.08. The summed E-state index contributed by atoms with van der Waals surface area (Å²) in [4.78, 5) is 14.8. The molecule has 0 spiro atoms. The number of ketones is 1. The Kier molecular flexibility index (Phi) is 3.89. The zero-order chi connectivity index (χ0) is 16.9. The normalized spacial score (nSPS) is 23.4. The summed E-state index contributed by atoms with van der Waals surface area (Å²) in [5.74, 6) is 0.366. The van der Waals surface area contributed by atoms with Crippen LogP contribution in [-0.2, 0) is 9.53 Å². The van der Waals surface area contributed by atoms with Gasteiger partial charge in [0.15, 0.2) is 5.78 Å². The molecule has 1 unspecified atom stereocenters. The molecule has 4 nitrogen and oxygen atoms in total. The molecule has 1 aromatic heterocycles. The Hall–Kier alpha value is -1.58. The summed E-state index contributed by atoms with van der Waals surface area (Å²) in [6.45, 7) is 6.08. The summed E-state index contributed by atoms with van der Waals surface area (Å²) in [6.07, 6.45) is 1.10. The van der Waals surface area contributed by atoms with Crippen LogP contribution in [0.25, 0.3) is 0 Å². The summed E-state index contributed by atoms with van der Waals surface area (Å²) in [5, 5.41) is 9.54. The molecule has 1 aromatic rings. The Labute approximate surface area is 147 Å². The predicted molar refractivity (Wildman–Crippen MR) is 92.5 cm³/mol. The molecule has 2 N–H and O–H groups in total. The molecule has 2 aliphatic rings. The van der Waals surface area contributed by atoms with Crippen LogP contribution in [0.3, 0.4) is 0 Å². The van der Waals surface area contributed by atoms with Crippen LogP contribution >= 0.6 is 27.3 Å². The number of halogens is 1. The maximum atomic E-state index is 12.8.